The number of hydrogen-bond acceptors (Lipinski definition) is 2. The van der Waals surface area contributed by atoms with Crippen LogP contribution in [0, 0.1) is 12.7 Å². The fourth-order valence-electron chi connectivity index (χ4n) is 1.72. The van der Waals surface area contributed by atoms with Crippen molar-refractivity contribution in [3.63, 3.8) is 0 Å². The SMILES string of the molecule is Cc1cc(F)cc(NC(=O)c2cc(N)ccc2Br)c1. The van der Waals surface area contributed by atoms with Crippen LogP contribution in [0.3, 0.4) is 0 Å². The first kappa shape index (κ1) is 13.5. The van der Waals surface area contributed by atoms with Crippen LogP contribution in [0.4, 0.5) is 15.8 Å². The molecule has 0 atom stereocenters. The molecule has 98 valence electrons. The minimum absolute atomic E-state index is 0.343. The number of anilines is 2. The Morgan fingerprint density at radius 3 is 2.68 bits per heavy atom. The zero-order chi connectivity index (χ0) is 14.0. The molecule has 1 amide bonds. The van der Waals surface area contributed by atoms with E-state index in [0.29, 0.717) is 21.4 Å². The second kappa shape index (κ2) is 5.40. The van der Waals surface area contributed by atoms with Crippen LogP contribution in [-0.2, 0) is 0 Å². The zero-order valence-electron chi connectivity index (χ0n) is 10.2. The first-order valence-corrected chi connectivity index (χ1v) is 6.38. The molecule has 0 spiro atoms. The summed E-state index contributed by atoms with van der Waals surface area (Å²) in [6, 6.07) is 9.30. The van der Waals surface area contributed by atoms with Crippen molar-refractivity contribution in [3.05, 3.63) is 57.8 Å². The molecule has 2 rings (SSSR count). The molecule has 0 radical (unpaired) electrons. The third kappa shape index (κ3) is 3.32. The van der Waals surface area contributed by atoms with Crippen LogP contribution < -0.4 is 11.1 Å². The second-order valence-corrected chi connectivity index (χ2v) is 5.07. The molecule has 0 aliphatic rings. The van der Waals surface area contributed by atoms with E-state index < -0.39 is 0 Å². The van der Waals surface area contributed by atoms with Gasteiger partial charge in [-0.25, -0.2) is 4.39 Å². The van der Waals surface area contributed by atoms with Gasteiger partial charge in [0.1, 0.15) is 5.82 Å². The highest BCUT2D eigenvalue weighted by molar-refractivity contribution is 9.10. The molecular weight excluding hydrogens is 311 g/mol. The first-order chi connectivity index (χ1) is 8.95. The van der Waals surface area contributed by atoms with Crippen LogP contribution in [0.2, 0.25) is 0 Å². The van der Waals surface area contributed by atoms with Gasteiger partial charge in [-0.1, -0.05) is 0 Å². The smallest absolute Gasteiger partial charge is 0.256 e. The van der Waals surface area contributed by atoms with E-state index in [1.165, 1.54) is 12.1 Å². The van der Waals surface area contributed by atoms with E-state index in [4.69, 9.17) is 5.73 Å². The van der Waals surface area contributed by atoms with Gasteiger partial charge in [0, 0.05) is 15.8 Å². The van der Waals surface area contributed by atoms with Crippen LogP contribution >= 0.6 is 15.9 Å². The molecule has 2 aromatic carbocycles. The largest absolute Gasteiger partial charge is 0.399 e. The molecule has 5 heteroatoms. The molecule has 0 aliphatic carbocycles. The predicted molar refractivity (Wildman–Crippen MR) is 77.6 cm³/mol. The Bertz CT molecular complexity index is 623. The maximum atomic E-state index is 13.2. The molecule has 0 aromatic heterocycles. The predicted octanol–water partition coefficient (Wildman–Crippen LogP) is 3.73. The average molecular weight is 323 g/mol. The van der Waals surface area contributed by atoms with Crippen molar-refractivity contribution in [2.75, 3.05) is 11.1 Å². The van der Waals surface area contributed by atoms with E-state index in [2.05, 4.69) is 21.2 Å². The molecule has 0 saturated carbocycles. The van der Waals surface area contributed by atoms with Crippen molar-refractivity contribution in [1.29, 1.82) is 0 Å². The number of rotatable bonds is 2. The number of halogens is 2. The summed E-state index contributed by atoms with van der Waals surface area (Å²) in [6.07, 6.45) is 0. The fourth-order valence-corrected chi connectivity index (χ4v) is 2.15. The number of amides is 1. The quantitative estimate of drug-likeness (QED) is 0.828. The third-order valence-electron chi connectivity index (χ3n) is 2.54. The molecule has 0 saturated heterocycles. The number of benzene rings is 2. The van der Waals surface area contributed by atoms with Gasteiger partial charge in [0.2, 0.25) is 0 Å². The number of nitrogens with one attached hydrogen (secondary N) is 1. The molecule has 2 aromatic rings. The van der Waals surface area contributed by atoms with Gasteiger partial charge in [0.15, 0.2) is 0 Å². The number of carbonyl (C=O) groups excluding carboxylic acids is 1. The van der Waals surface area contributed by atoms with E-state index in [0.717, 1.165) is 5.56 Å². The molecule has 0 unspecified atom stereocenters. The Balaban J connectivity index is 2.28. The summed E-state index contributed by atoms with van der Waals surface area (Å²) in [4.78, 5) is 12.1. The molecule has 0 aliphatic heterocycles. The van der Waals surface area contributed by atoms with Crippen molar-refractivity contribution in [2.24, 2.45) is 0 Å². The van der Waals surface area contributed by atoms with E-state index >= 15 is 0 Å². The highest BCUT2D eigenvalue weighted by Crippen LogP contribution is 2.21. The summed E-state index contributed by atoms with van der Waals surface area (Å²) < 4.78 is 13.9. The van der Waals surface area contributed by atoms with Crippen molar-refractivity contribution < 1.29 is 9.18 Å². The van der Waals surface area contributed by atoms with Gasteiger partial charge in [-0.2, -0.15) is 0 Å². The number of hydrogen-bond donors (Lipinski definition) is 2. The van der Waals surface area contributed by atoms with Crippen molar-refractivity contribution >= 4 is 33.2 Å². The van der Waals surface area contributed by atoms with Gasteiger partial charge in [-0.15, -0.1) is 0 Å². The van der Waals surface area contributed by atoms with Crippen molar-refractivity contribution in [3.8, 4) is 0 Å². The standard InChI is InChI=1S/C14H12BrFN2O/c1-8-4-9(16)6-11(5-8)18-14(19)12-7-10(17)2-3-13(12)15/h2-7H,17H2,1H3,(H,18,19). The maximum absolute atomic E-state index is 13.2. The lowest BCUT2D eigenvalue weighted by molar-refractivity contribution is 0.102. The van der Waals surface area contributed by atoms with Crippen LogP contribution in [-0.4, -0.2) is 5.91 Å². The maximum Gasteiger partial charge on any atom is 0.256 e. The number of carbonyl (C=O) groups is 1. The Morgan fingerprint density at radius 1 is 1.26 bits per heavy atom. The molecule has 3 nitrogen and oxygen atoms in total. The lowest BCUT2D eigenvalue weighted by Crippen LogP contribution is -2.13. The van der Waals surface area contributed by atoms with Gasteiger partial charge < -0.3 is 11.1 Å². The summed E-state index contributed by atoms with van der Waals surface area (Å²) in [5.41, 5.74) is 7.69. The Kier molecular flexibility index (Phi) is 3.85. The molecule has 0 heterocycles. The van der Waals surface area contributed by atoms with Gasteiger partial charge in [-0.05, 0) is 64.8 Å². The first-order valence-electron chi connectivity index (χ1n) is 5.59. The normalized spacial score (nSPS) is 10.3. The molecule has 3 N–H and O–H groups in total. The van der Waals surface area contributed by atoms with Gasteiger partial charge in [0.25, 0.3) is 5.91 Å². The summed E-state index contributed by atoms with van der Waals surface area (Å²) >= 11 is 3.28. The molecular formula is C14H12BrFN2O. The number of nitrogens with two attached hydrogens (primary N) is 1. The Morgan fingerprint density at radius 2 is 2.00 bits per heavy atom. The van der Waals surface area contributed by atoms with E-state index in [9.17, 15) is 9.18 Å². The summed E-state index contributed by atoms with van der Waals surface area (Å²) in [6.45, 7) is 1.76. The molecule has 0 bridgehead atoms. The monoisotopic (exact) mass is 322 g/mol. The lowest BCUT2D eigenvalue weighted by Gasteiger charge is -2.08. The molecule has 0 fully saturated rings. The van der Waals surface area contributed by atoms with Crippen molar-refractivity contribution in [2.45, 2.75) is 6.92 Å². The fraction of sp³-hybridized carbons (Fsp3) is 0.0714. The average Bonchev–Trinajstić information content (AvgIpc) is 2.30. The Hall–Kier alpha value is -1.88. The lowest BCUT2D eigenvalue weighted by atomic mass is 10.1. The summed E-state index contributed by atoms with van der Waals surface area (Å²) in [5, 5.41) is 2.64. The Labute approximate surface area is 118 Å². The van der Waals surface area contributed by atoms with Crippen molar-refractivity contribution in [1.82, 2.24) is 0 Å². The zero-order valence-corrected chi connectivity index (χ0v) is 11.8. The highest BCUT2D eigenvalue weighted by atomic mass is 79.9. The number of aryl methyl sites for hydroxylation is 1. The van der Waals surface area contributed by atoms with Crippen LogP contribution in [0.25, 0.3) is 0 Å². The van der Waals surface area contributed by atoms with Crippen LogP contribution in [0.1, 0.15) is 15.9 Å². The number of nitrogen functional groups attached to an aromatic ring is 1. The second-order valence-electron chi connectivity index (χ2n) is 4.21. The third-order valence-corrected chi connectivity index (χ3v) is 3.23. The van der Waals surface area contributed by atoms with Crippen LogP contribution in [0.15, 0.2) is 40.9 Å². The van der Waals surface area contributed by atoms with Gasteiger partial charge in [0.05, 0.1) is 5.56 Å². The summed E-state index contributed by atoms with van der Waals surface area (Å²) in [5.74, 6) is -0.730. The van der Waals surface area contributed by atoms with Gasteiger partial charge >= 0.3 is 0 Å². The van der Waals surface area contributed by atoms with Gasteiger partial charge in [-0.3, -0.25) is 4.79 Å². The minimum Gasteiger partial charge on any atom is -0.399 e. The van der Waals surface area contributed by atoms with E-state index in [1.54, 1.807) is 31.2 Å². The van der Waals surface area contributed by atoms with Crippen LogP contribution in [0.5, 0.6) is 0 Å². The van der Waals surface area contributed by atoms with E-state index in [-0.39, 0.29) is 11.7 Å². The topological polar surface area (TPSA) is 55.1 Å². The highest BCUT2D eigenvalue weighted by Gasteiger charge is 2.11. The van der Waals surface area contributed by atoms with E-state index in [1.807, 2.05) is 0 Å². The minimum atomic E-state index is -0.387. The summed E-state index contributed by atoms with van der Waals surface area (Å²) in [7, 11) is 0. The molecule has 19 heavy (non-hydrogen) atoms.